The number of hydrogen-bond acceptors (Lipinski definition) is 4. The summed E-state index contributed by atoms with van der Waals surface area (Å²) in [5.41, 5.74) is 7.19. The highest BCUT2D eigenvalue weighted by atomic mass is 15.1. The van der Waals surface area contributed by atoms with Gasteiger partial charge in [-0.05, 0) is 23.0 Å². The summed E-state index contributed by atoms with van der Waals surface area (Å²) >= 11 is 0. The highest BCUT2D eigenvalue weighted by Crippen LogP contribution is 2.63. The fraction of sp³-hybridized carbons (Fsp3) is 0.467. The molecule has 0 radical (unpaired) electrons. The third-order valence-corrected chi connectivity index (χ3v) is 4.92. The Morgan fingerprint density at radius 1 is 1.05 bits per heavy atom. The van der Waals surface area contributed by atoms with Gasteiger partial charge in [-0.3, -0.25) is 0 Å². The summed E-state index contributed by atoms with van der Waals surface area (Å²) in [5, 5.41) is 4.57. The molecule has 0 amide bonds. The highest BCUT2D eigenvalue weighted by Gasteiger charge is 2.65. The first kappa shape index (κ1) is 12.2. The lowest BCUT2D eigenvalue weighted by molar-refractivity contribution is 0.457. The summed E-state index contributed by atoms with van der Waals surface area (Å²) in [6, 6.07) is 8.35. The average molecular weight is 256 g/mol. The molecule has 1 aromatic heterocycles. The predicted molar refractivity (Wildman–Crippen MR) is 78.9 cm³/mol. The summed E-state index contributed by atoms with van der Waals surface area (Å²) < 4.78 is 0. The lowest BCUT2D eigenvalue weighted by atomic mass is 10.0. The molecule has 100 valence electrons. The minimum atomic E-state index is 0.258. The van der Waals surface area contributed by atoms with Gasteiger partial charge < -0.3 is 11.1 Å². The third-order valence-electron chi connectivity index (χ3n) is 4.92. The van der Waals surface area contributed by atoms with Crippen LogP contribution in [0, 0.1) is 10.8 Å². The van der Waals surface area contributed by atoms with Gasteiger partial charge in [0, 0.05) is 11.4 Å². The van der Waals surface area contributed by atoms with Gasteiger partial charge in [0.05, 0.1) is 5.52 Å². The van der Waals surface area contributed by atoms with Crippen LogP contribution < -0.4 is 11.1 Å². The Morgan fingerprint density at radius 2 is 1.68 bits per heavy atom. The summed E-state index contributed by atoms with van der Waals surface area (Å²) in [5.74, 6) is 1.16. The fourth-order valence-electron chi connectivity index (χ4n) is 2.90. The SMILES string of the molecule is CC1(C)C(Nc2nc(N)nc3ccccc23)C1(C)C. The van der Waals surface area contributed by atoms with Gasteiger partial charge in [-0.15, -0.1) is 0 Å². The first-order chi connectivity index (χ1) is 8.84. The first-order valence-corrected chi connectivity index (χ1v) is 6.63. The van der Waals surface area contributed by atoms with Crippen molar-refractivity contribution in [2.75, 3.05) is 11.1 Å². The molecular formula is C15H20N4. The number of nitrogens with one attached hydrogen (secondary N) is 1. The van der Waals surface area contributed by atoms with Crippen LogP contribution in [0.4, 0.5) is 11.8 Å². The minimum absolute atomic E-state index is 0.258. The molecule has 1 aliphatic carbocycles. The van der Waals surface area contributed by atoms with Crippen LogP contribution in [0.15, 0.2) is 24.3 Å². The number of aromatic nitrogens is 2. The largest absolute Gasteiger partial charge is 0.368 e. The van der Waals surface area contributed by atoms with E-state index < -0.39 is 0 Å². The molecule has 3 N–H and O–H groups in total. The van der Waals surface area contributed by atoms with Crippen LogP contribution in [0.25, 0.3) is 10.9 Å². The van der Waals surface area contributed by atoms with Crippen molar-refractivity contribution in [1.82, 2.24) is 9.97 Å². The van der Waals surface area contributed by atoms with Crippen LogP contribution in [-0.2, 0) is 0 Å². The molecule has 1 aliphatic rings. The van der Waals surface area contributed by atoms with E-state index in [2.05, 4.69) is 43.0 Å². The Kier molecular flexibility index (Phi) is 2.31. The van der Waals surface area contributed by atoms with Crippen molar-refractivity contribution < 1.29 is 0 Å². The Bertz CT molecular complexity index is 632. The topological polar surface area (TPSA) is 63.8 Å². The Hall–Kier alpha value is -1.84. The standard InChI is InChI=1S/C15H20N4/c1-14(2)12(15(14,3)4)18-11-9-7-5-6-8-10(9)17-13(16)19-11/h5-8,12H,1-4H3,(H3,16,17,18,19). The van der Waals surface area contributed by atoms with Crippen molar-refractivity contribution in [3.05, 3.63) is 24.3 Å². The smallest absolute Gasteiger partial charge is 0.222 e. The number of anilines is 2. The van der Waals surface area contributed by atoms with Crippen molar-refractivity contribution in [3.63, 3.8) is 0 Å². The van der Waals surface area contributed by atoms with E-state index in [9.17, 15) is 0 Å². The van der Waals surface area contributed by atoms with Crippen molar-refractivity contribution >= 4 is 22.7 Å². The fourth-order valence-corrected chi connectivity index (χ4v) is 2.90. The number of benzene rings is 1. The van der Waals surface area contributed by atoms with Crippen LogP contribution in [0.5, 0.6) is 0 Å². The number of nitrogen functional groups attached to an aromatic ring is 1. The van der Waals surface area contributed by atoms with Crippen LogP contribution in [0.3, 0.4) is 0 Å². The van der Waals surface area contributed by atoms with Gasteiger partial charge in [0.2, 0.25) is 5.95 Å². The molecule has 4 nitrogen and oxygen atoms in total. The van der Waals surface area contributed by atoms with Gasteiger partial charge in [-0.2, -0.15) is 4.98 Å². The zero-order valence-corrected chi connectivity index (χ0v) is 11.9. The zero-order valence-electron chi connectivity index (χ0n) is 11.9. The van der Waals surface area contributed by atoms with E-state index in [1.807, 2.05) is 24.3 Å². The zero-order chi connectivity index (χ0) is 13.8. The second-order valence-electron chi connectivity index (χ2n) is 6.47. The maximum absolute atomic E-state index is 5.79. The van der Waals surface area contributed by atoms with E-state index >= 15 is 0 Å². The number of hydrogen-bond donors (Lipinski definition) is 2. The normalized spacial score (nSPS) is 20.4. The minimum Gasteiger partial charge on any atom is -0.368 e. The molecule has 4 heteroatoms. The summed E-state index contributed by atoms with van der Waals surface area (Å²) in [6.45, 7) is 9.10. The lowest BCUT2D eigenvalue weighted by Gasteiger charge is -2.10. The molecule has 2 aromatic rings. The molecule has 1 saturated carbocycles. The quantitative estimate of drug-likeness (QED) is 0.866. The van der Waals surface area contributed by atoms with Gasteiger partial charge >= 0.3 is 0 Å². The van der Waals surface area contributed by atoms with Crippen molar-refractivity contribution in [2.45, 2.75) is 33.7 Å². The van der Waals surface area contributed by atoms with Gasteiger partial charge in [-0.25, -0.2) is 4.98 Å². The molecule has 1 heterocycles. The number of nitrogens with zero attached hydrogens (tertiary/aromatic N) is 2. The van der Waals surface area contributed by atoms with Crippen molar-refractivity contribution in [3.8, 4) is 0 Å². The highest BCUT2D eigenvalue weighted by molar-refractivity contribution is 5.90. The van der Waals surface area contributed by atoms with E-state index in [1.165, 1.54) is 0 Å². The number of rotatable bonds is 2. The lowest BCUT2D eigenvalue weighted by Crippen LogP contribution is -2.13. The summed E-state index contributed by atoms with van der Waals surface area (Å²) in [7, 11) is 0. The molecule has 19 heavy (non-hydrogen) atoms. The van der Waals surface area contributed by atoms with Crippen LogP contribution >= 0.6 is 0 Å². The molecule has 0 bridgehead atoms. The summed E-state index contributed by atoms with van der Waals surface area (Å²) in [4.78, 5) is 8.63. The van der Waals surface area contributed by atoms with E-state index in [0.29, 0.717) is 12.0 Å². The van der Waals surface area contributed by atoms with Gasteiger partial charge in [0.15, 0.2) is 0 Å². The molecular weight excluding hydrogens is 236 g/mol. The van der Waals surface area contributed by atoms with Gasteiger partial charge in [0.1, 0.15) is 5.82 Å². The van der Waals surface area contributed by atoms with E-state index in [-0.39, 0.29) is 10.8 Å². The van der Waals surface area contributed by atoms with Crippen molar-refractivity contribution in [2.24, 2.45) is 10.8 Å². The third kappa shape index (κ3) is 1.66. The van der Waals surface area contributed by atoms with Crippen LogP contribution in [-0.4, -0.2) is 16.0 Å². The average Bonchev–Trinajstić information content (AvgIpc) is 2.71. The van der Waals surface area contributed by atoms with Crippen LogP contribution in [0.2, 0.25) is 0 Å². The maximum atomic E-state index is 5.79. The number of fused-ring (bicyclic) bond motifs is 1. The second kappa shape index (κ2) is 3.59. The molecule has 0 atom stereocenters. The van der Waals surface area contributed by atoms with E-state index in [1.54, 1.807) is 0 Å². The second-order valence-corrected chi connectivity index (χ2v) is 6.47. The van der Waals surface area contributed by atoms with Gasteiger partial charge in [-0.1, -0.05) is 39.8 Å². The summed E-state index contributed by atoms with van der Waals surface area (Å²) in [6.07, 6.45) is 0. The predicted octanol–water partition coefficient (Wildman–Crippen LogP) is 3.06. The molecule has 1 fully saturated rings. The molecule has 3 rings (SSSR count). The molecule has 0 spiro atoms. The Labute approximate surface area is 113 Å². The molecule has 0 aliphatic heterocycles. The molecule has 0 saturated heterocycles. The van der Waals surface area contributed by atoms with Gasteiger partial charge in [0.25, 0.3) is 0 Å². The van der Waals surface area contributed by atoms with Crippen LogP contribution in [0.1, 0.15) is 27.7 Å². The monoisotopic (exact) mass is 256 g/mol. The number of para-hydroxylation sites is 1. The van der Waals surface area contributed by atoms with E-state index in [0.717, 1.165) is 16.7 Å². The Morgan fingerprint density at radius 3 is 2.32 bits per heavy atom. The van der Waals surface area contributed by atoms with Crippen molar-refractivity contribution in [1.29, 1.82) is 0 Å². The molecule has 0 unspecified atom stereocenters. The number of nitrogens with two attached hydrogens (primary N) is 1. The maximum Gasteiger partial charge on any atom is 0.222 e. The van der Waals surface area contributed by atoms with E-state index in [4.69, 9.17) is 5.73 Å². The Balaban J connectivity index is 2.03. The molecule has 1 aromatic carbocycles. The first-order valence-electron chi connectivity index (χ1n) is 6.63.